The summed E-state index contributed by atoms with van der Waals surface area (Å²) in [6.45, 7) is 0.410. The van der Waals surface area contributed by atoms with Crippen LogP contribution in [0.2, 0.25) is 0 Å². The first-order chi connectivity index (χ1) is 8.20. The maximum absolute atomic E-state index is 10.5. The zero-order chi connectivity index (χ0) is 12.3. The molecular weight excluding hydrogens is 222 g/mol. The van der Waals surface area contributed by atoms with Gasteiger partial charge in [0.05, 0.1) is 4.92 Å². The van der Waals surface area contributed by atoms with Crippen molar-refractivity contribution in [2.75, 3.05) is 7.11 Å². The first-order valence-corrected chi connectivity index (χ1v) is 5.03. The van der Waals surface area contributed by atoms with Gasteiger partial charge in [-0.15, -0.1) is 0 Å². The normalized spacial score (nSPS) is 10.4. The Morgan fingerprint density at radius 3 is 2.53 bits per heavy atom. The number of hydrogen-bond acceptors (Lipinski definition) is 4. The molecule has 0 atom stereocenters. The fourth-order valence-corrected chi connectivity index (χ4v) is 1.50. The van der Waals surface area contributed by atoms with Crippen LogP contribution >= 0.6 is 0 Å². The number of rotatable bonds is 4. The quantitative estimate of drug-likeness (QED) is 0.601. The lowest BCUT2D eigenvalue weighted by atomic mass is 10.1. The zero-order valence-electron chi connectivity index (χ0n) is 9.25. The standard InChI is InChI=1S/C12H11NO4/c1-16-8-11-6-7-12(17-11)9-2-4-10(5-3-9)13(14)15/h2-7H,8H2,1H3. The van der Waals surface area contributed by atoms with E-state index in [0.717, 1.165) is 11.3 Å². The highest BCUT2D eigenvalue weighted by atomic mass is 16.6. The fraction of sp³-hybridized carbons (Fsp3) is 0.167. The number of methoxy groups -OCH3 is 1. The average Bonchev–Trinajstić information content (AvgIpc) is 2.78. The molecule has 5 heteroatoms. The number of non-ortho nitro benzene ring substituents is 1. The highest BCUT2D eigenvalue weighted by Crippen LogP contribution is 2.24. The van der Waals surface area contributed by atoms with E-state index in [1.54, 1.807) is 19.2 Å². The summed E-state index contributed by atoms with van der Waals surface area (Å²) < 4.78 is 10.5. The smallest absolute Gasteiger partial charge is 0.269 e. The molecule has 1 aromatic carbocycles. The van der Waals surface area contributed by atoms with E-state index in [-0.39, 0.29) is 5.69 Å². The number of nitro benzene ring substituents is 1. The van der Waals surface area contributed by atoms with E-state index in [1.165, 1.54) is 12.1 Å². The molecule has 0 radical (unpaired) electrons. The Morgan fingerprint density at radius 2 is 1.94 bits per heavy atom. The number of nitrogens with zero attached hydrogens (tertiary/aromatic N) is 1. The summed E-state index contributed by atoms with van der Waals surface area (Å²) in [5.41, 5.74) is 0.871. The summed E-state index contributed by atoms with van der Waals surface area (Å²) >= 11 is 0. The van der Waals surface area contributed by atoms with Gasteiger partial charge in [-0.1, -0.05) is 0 Å². The molecule has 0 amide bonds. The molecule has 0 N–H and O–H groups in total. The molecule has 1 aromatic heterocycles. The monoisotopic (exact) mass is 233 g/mol. The molecule has 1 heterocycles. The third kappa shape index (κ3) is 2.51. The molecule has 0 fully saturated rings. The SMILES string of the molecule is COCc1ccc(-c2ccc([N+](=O)[O-])cc2)o1. The van der Waals surface area contributed by atoms with Crippen molar-refractivity contribution in [3.05, 3.63) is 52.3 Å². The van der Waals surface area contributed by atoms with Crippen molar-refractivity contribution in [3.8, 4) is 11.3 Å². The third-order valence-electron chi connectivity index (χ3n) is 2.31. The van der Waals surface area contributed by atoms with E-state index in [9.17, 15) is 10.1 Å². The molecular formula is C12H11NO4. The molecule has 88 valence electrons. The summed E-state index contributed by atoms with van der Waals surface area (Å²) in [7, 11) is 1.59. The minimum Gasteiger partial charge on any atom is -0.459 e. The topological polar surface area (TPSA) is 65.5 Å². The van der Waals surface area contributed by atoms with Crippen molar-refractivity contribution in [1.82, 2.24) is 0 Å². The van der Waals surface area contributed by atoms with Gasteiger partial charge in [-0.2, -0.15) is 0 Å². The highest BCUT2D eigenvalue weighted by Gasteiger charge is 2.08. The van der Waals surface area contributed by atoms with Gasteiger partial charge in [0.1, 0.15) is 18.1 Å². The Hall–Kier alpha value is -2.14. The maximum atomic E-state index is 10.5. The average molecular weight is 233 g/mol. The second-order valence-corrected chi connectivity index (χ2v) is 3.50. The molecule has 0 saturated carbocycles. The Bertz CT molecular complexity index is 516. The molecule has 17 heavy (non-hydrogen) atoms. The number of nitro groups is 1. The number of benzene rings is 1. The molecule has 2 rings (SSSR count). The number of furan rings is 1. The second-order valence-electron chi connectivity index (χ2n) is 3.50. The van der Waals surface area contributed by atoms with Gasteiger partial charge in [-0.25, -0.2) is 0 Å². The van der Waals surface area contributed by atoms with Crippen molar-refractivity contribution in [3.63, 3.8) is 0 Å². The Balaban J connectivity index is 2.23. The van der Waals surface area contributed by atoms with Crippen molar-refractivity contribution < 1.29 is 14.1 Å². The molecule has 0 saturated heterocycles. The molecule has 5 nitrogen and oxygen atoms in total. The van der Waals surface area contributed by atoms with E-state index in [0.29, 0.717) is 12.4 Å². The van der Waals surface area contributed by atoms with Crippen LogP contribution < -0.4 is 0 Å². The van der Waals surface area contributed by atoms with E-state index < -0.39 is 4.92 Å². The second kappa shape index (κ2) is 4.80. The first-order valence-electron chi connectivity index (χ1n) is 5.03. The van der Waals surface area contributed by atoms with E-state index in [2.05, 4.69) is 0 Å². The van der Waals surface area contributed by atoms with E-state index in [4.69, 9.17) is 9.15 Å². The van der Waals surface area contributed by atoms with Gasteiger partial charge in [-0.3, -0.25) is 10.1 Å². The minimum absolute atomic E-state index is 0.0671. The summed E-state index contributed by atoms with van der Waals surface area (Å²) in [6, 6.07) is 9.86. The lowest BCUT2D eigenvalue weighted by molar-refractivity contribution is -0.384. The van der Waals surface area contributed by atoms with Gasteiger partial charge in [0.2, 0.25) is 0 Å². The summed E-state index contributed by atoms with van der Waals surface area (Å²) in [5.74, 6) is 1.40. The van der Waals surface area contributed by atoms with Crippen molar-refractivity contribution in [2.45, 2.75) is 6.61 Å². The highest BCUT2D eigenvalue weighted by molar-refractivity contribution is 5.59. The third-order valence-corrected chi connectivity index (χ3v) is 2.31. The fourth-order valence-electron chi connectivity index (χ4n) is 1.50. The summed E-state index contributed by atoms with van der Waals surface area (Å²) in [5, 5.41) is 10.5. The van der Waals surface area contributed by atoms with E-state index in [1.807, 2.05) is 12.1 Å². The van der Waals surface area contributed by atoms with Crippen molar-refractivity contribution in [1.29, 1.82) is 0 Å². The largest absolute Gasteiger partial charge is 0.459 e. The minimum atomic E-state index is -0.428. The van der Waals surface area contributed by atoms with Crippen LogP contribution in [-0.4, -0.2) is 12.0 Å². The van der Waals surface area contributed by atoms with Gasteiger partial charge in [0.15, 0.2) is 0 Å². The zero-order valence-corrected chi connectivity index (χ0v) is 9.25. The van der Waals surface area contributed by atoms with Gasteiger partial charge in [0, 0.05) is 24.8 Å². The molecule has 0 aliphatic rings. The van der Waals surface area contributed by atoms with Crippen LogP contribution in [0, 0.1) is 10.1 Å². The van der Waals surface area contributed by atoms with Gasteiger partial charge < -0.3 is 9.15 Å². The molecule has 0 aliphatic heterocycles. The number of hydrogen-bond donors (Lipinski definition) is 0. The molecule has 2 aromatic rings. The summed E-state index contributed by atoms with van der Waals surface area (Å²) in [4.78, 5) is 10.1. The van der Waals surface area contributed by atoms with Crippen LogP contribution in [0.15, 0.2) is 40.8 Å². The van der Waals surface area contributed by atoms with Gasteiger partial charge in [0.25, 0.3) is 5.69 Å². The van der Waals surface area contributed by atoms with Crippen LogP contribution in [-0.2, 0) is 11.3 Å². The molecule has 0 unspecified atom stereocenters. The maximum Gasteiger partial charge on any atom is 0.269 e. The van der Waals surface area contributed by atoms with Crippen LogP contribution in [0.5, 0.6) is 0 Å². The molecule has 0 bridgehead atoms. The predicted molar refractivity (Wildman–Crippen MR) is 61.5 cm³/mol. The lowest BCUT2D eigenvalue weighted by Gasteiger charge is -1.97. The van der Waals surface area contributed by atoms with Crippen LogP contribution in [0.4, 0.5) is 5.69 Å². The summed E-state index contributed by atoms with van der Waals surface area (Å²) in [6.07, 6.45) is 0. The Labute approximate surface area is 97.8 Å². The van der Waals surface area contributed by atoms with Crippen LogP contribution in [0.25, 0.3) is 11.3 Å². The van der Waals surface area contributed by atoms with Gasteiger partial charge >= 0.3 is 0 Å². The lowest BCUT2D eigenvalue weighted by Crippen LogP contribution is -1.86. The first kappa shape index (κ1) is 11.3. The molecule has 0 spiro atoms. The number of ether oxygens (including phenoxy) is 1. The van der Waals surface area contributed by atoms with Crippen molar-refractivity contribution in [2.24, 2.45) is 0 Å². The van der Waals surface area contributed by atoms with Crippen LogP contribution in [0.3, 0.4) is 0 Å². The van der Waals surface area contributed by atoms with Crippen LogP contribution in [0.1, 0.15) is 5.76 Å². The Kier molecular flexibility index (Phi) is 3.20. The van der Waals surface area contributed by atoms with E-state index >= 15 is 0 Å². The Morgan fingerprint density at radius 1 is 1.24 bits per heavy atom. The molecule has 0 aliphatic carbocycles. The predicted octanol–water partition coefficient (Wildman–Crippen LogP) is 3.00. The van der Waals surface area contributed by atoms with Crippen molar-refractivity contribution >= 4 is 5.69 Å². The van der Waals surface area contributed by atoms with Gasteiger partial charge in [-0.05, 0) is 24.3 Å².